The van der Waals surface area contributed by atoms with Gasteiger partial charge < -0.3 is 37.9 Å². The Kier molecular flexibility index (Phi) is 13.0. The maximum absolute atomic E-state index is 6.61. The van der Waals surface area contributed by atoms with E-state index in [0.29, 0.717) is 19.3 Å². The van der Waals surface area contributed by atoms with Crippen molar-refractivity contribution >= 4 is 66.7 Å². The number of benzene rings is 5. The SMILES string of the molecule is COC.COCCOCC1CO1.COc1ccc2ccc(OC)c(C3c4cc(I)cc(I)c4Oc4ccc5ccc(OC)cc5c43)c2c1. The molecule has 5 aromatic carbocycles. The molecule has 7 rings (SSSR count). The van der Waals surface area contributed by atoms with E-state index in [1.54, 1.807) is 42.7 Å². The smallest absolute Gasteiger partial charge is 0.144 e. The molecule has 5 aromatic rings. The summed E-state index contributed by atoms with van der Waals surface area (Å²) < 4.78 is 45.2. The molecule has 0 amide bonds. The molecule has 48 heavy (non-hydrogen) atoms. The van der Waals surface area contributed by atoms with E-state index in [0.717, 1.165) is 87.3 Å². The molecule has 0 bridgehead atoms. The van der Waals surface area contributed by atoms with Gasteiger partial charge in [-0.25, -0.2) is 0 Å². The van der Waals surface area contributed by atoms with E-state index in [9.17, 15) is 0 Å². The Balaban J connectivity index is 0.000000320. The molecule has 0 N–H and O–H groups in total. The van der Waals surface area contributed by atoms with Crippen LogP contribution in [-0.4, -0.2) is 75.2 Å². The number of hydrogen-bond acceptors (Lipinski definition) is 8. The maximum Gasteiger partial charge on any atom is 0.144 e. The van der Waals surface area contributed by atoms with Crippen LogP contribution in [0.3, 0.4) is 0 Å². The summed E-state index contributed by atoms with van der Waals surface area (Å²) in [7, 11) is 10.0. The fourth-order valence-corrected chi connectivity index (χ4v) is 7.71. The molecule has 1 saturated heterocycles. The van der Waals surface area contributed by atoms with Gasteiger partial charge in [-0.05, 0) is 115 Å². The van der Waals surface area contributed by atoms with Crippen LogP contribution >= 0.6 is 45.2 Å². The first-order valence-corrected chi connectivity index (χ1v) is 17.5. The average Bonchev–Trinajstić information content (AvgIpc) is 3.93. The van der Waals surface area contributed by atoms with Crippen molar-refractivity contribution < 1.29 is 37.9 Å². The summed E-state index contributed by atoms with van der Waals surface area (Å²) in [6.07, 6.45) is 0.377. The van der Waals surface area contributed by atoms with E-state index in [1.165, 1.54) is 0 Å². The zero-order valence-corrected chi connectivity index (χ0v) is 32.2. The summed E-state index contributed by atoms with van der Waals surface area (Å²) in [6.45, 7) is 2.94. The lowest BCUT2D eigenvalue weighted by molar-refractivity contribution is 0.0622. The standard InChI is InChI=1S/C30H22I2O4.C6H12O3.C2H6O/c1-33-19-8-4-16-6-10-25(35-3)27(21(16)14-19)29-23-12-18(31)13-24(32)30(23)36-26-11-7-17-5-9-20(34-2)15-22(17)28(26)29;1-7-2-3-8-4-6-5-9-6;1-3-2/h4-15,29H,1-3H3;6H,2-5H2,1H3;1-2H3. The highest BCUT2D eigenvalue weighted by molar-refractivity contribution is 14.1. The third kappa shape index (κ3) is 8.28. The molecule has 2 atom stereocenters. The van der Waals surface area contributed by atoms with E-state index in [1.807, 2.05) is 12.1 Å². The number of hydrogen-bond donors (Lipinski definition) is 0. The van der Waals surface area contributed by atoms with Crippen LogP contribution in [0, 0.1) is 7.14 Å². The van der Waals surface area contributed by atoms with Crippen LogP contribution in [0.5, 0.6) is 28.7 Å². The largest absolute Gasteiger partial charge is 0.497 e. The number of halogens is 2. The van der Waals surface area contributed by atoms with Gasteiger partial charge in [-0.1, -0.05) is 24.3 Å². The lowest BCUT2D eigenvalue weighted by Crippen LogP contribution is -2.15. The highest BCUT2D eigenvalue weighted by atomic mass is 127. The van der Waals surface area contributed by atoms with Crippen LogP contribution < -0.4 is 18.9 Å². The fraction of sp³-hybridized carbons (Fsp3) is 0.316. The summed E-state index contributed by atoms with van der Waals surface area (Å²) in [5.41, 5.74) is 3.31. The minimum absolute atomic E-state index is 0.131. The second kappa shape index (κ2) is 17.2. The number of rotatable bonds is 9. The zero-order chi connectivity index (χ0) is 34.2. The van der Waals surface area contributed by atoms with Crippen molar-refractivity contribution in [1.29, 1.82) is 0 Å². The molecule has 2 unspecified atom stereocenters. The number of methoxy groups -OCH3 is 5. The highest BCUT2D eigenvalue weighted by Crippen LogP contribution is 2.55. The summed E-state index contributed by atoms with van der Waals surface area (Å²) in [5.74, 6) is 4.04. The molecule has 1 fully saturated rings. The quantitative estimate of drug-likeness (QED) is 0.0811. The predicted molar refractivity (Wildman–Crippen MR) is 206 cm³/mol. The van der Waals surface area contributed by atoms with Gasteiger partial charge in [-0.3, -0.25) is 0 Å². The van der Waals surface area contributed by atoms with E-state index in [4.69, 9.17) is 33.2 Å². The molecule has 2 heterocycles. The molecule has 0 aliphatic carbocycles. The Bertz CT molecular complexity index is 1850. The van der Waals surface area contributed by atoms with Crippen molar-refractivity contribution in [2.24, 2.45) is 0 Å². The molecule has 10 heteroatoms. The molecule has 0 saturated carbocycles. The Morgan fingerprint density at radius 3 is 1.90 bits per heavy atom. The van der Waals surface area contributed by atoms with Crippen molar-refractivity contribution in [3.05, 3.63) is 96.6 Å². The van der Waals surface area contributed by atoms with Gasteiger partial charge in [-0.2, -0.15) is 0 Å². The van der Waals surface area contributed by atoms with E-state index < -0.39 is 0 Å². The fourth-order valence-electron chi connectivity index (χ4n) is 5.71. The van der Waals surface area contributed by atoms with Crippen molar-refractivity contribution in [3.63, 3.8) is 0 Å². The minimum atomic E-state index is -0.131. The molecule has 0 spiro atoms. The Morgan fingerprint density at radius 1 is 0.708 bits per heavy atom. The first-order valence-electron chi connectivity index (χ1n) is 15.4. The second-order valence-corrected chi connectivity index (χ2v) is 13.5. The first kappa shape index (κ1) is 36.4. The van der Waals surface area contributed by atoms with Gasteiger partial charge in [0, 0.05) is 47.5 Å². The van der Waals surface area contributed by atoms with E-state index >= 15 is 0 Å². The van der Waals surface area contributed by atoms with Crippen molar-refractivity contribution in [2.45, 2.75) is 12.0 Å². The van der Waals surface area contributed by atoms with Gasteiger partial charge in [0.05, 0.1) is 51.3 Å². The average molecular weight is 879 g/mol. The number of fused-ring (bicyclic) bond motifs is 5. The normalized spacial score (nSPS) is 15.6. The molecule has 8 nitrogen and oxygen atoms in total. The van der Waals surface area contributed by atoms with E-state index in [2.05, 4.69) is 111 Å². The van der Waals surface area contributed by atoms with Crippen molar-refractivity contribution in [1.82, 2.24) is 0 Å². The summed E-state index contributed by atoms with van der Waals surface area (Å²) in [5, 5.41) is 4.44. The zero-order valence-electron chi connectivity index (χ0n) is 27.9. The summed E-state index contributed by atoms with van der Waals surface area (Å²) in [4.78, 5) is 0. The Labute approximate surface area is 309 Å². The van der Waals surface area contributed by atoms with E-state index in [-0.39, 0.29) is 5.92 Å². The molecular weight excluding hydrogens is 838 g/mol. The summed E-state index contributed by atoms with van der Waals surface area (Å²) >= 11 is 4.76. The van der Waals surface area contributed by atoms with Crippen LogP contribution in [0.25, 0.3) is 21.5 Å². The molecule has 0 radical (unpaired) electrons. The Hall–Kier alpha value is -2.88. The van der Waals surface area contributed by atoms with Crippen LogP contribution in [0.2, 0.25) is 0 Å². The molecule has 2 aliphatic rings. The third-order valence-electron chi connectivity index (χ3n) is 7.96. The number of ether oxygens (including phenoxy) is 8. The van der Waals surface area contributed by atoms with Crippen LogP contribution in [0.1, 0.15) is 22.6 Å². The van der Waals surface area contributed by atoms with Gasteiger partial charge in [0.2, 0.25) is 0 Å². The van der Waals surface area contributed by atoms with Crippen LogP contribution in [0.15, 0.2) is 72.8 Å². The summed E-state index contributed by atoms with van der Waals surface area (Å²) in [6, 6.07) is 25.1. The topological polar surface area (TPSA) is 77.1 Å². The van der Waals surface area contributed by atoms with Crippen LogP contribution in [0.4, 0.5) is 0 Å². The van der Waals surface area contributed by atoms with Gasteiger partial charge in [0.25, 0.3) is 0 Å². The monoisotopic (exact) mass is 878 g/mol. The number of epoxide rings is 1. The second-order valence-electron chi connectivity index (χ2n) is 11.1. The van der Waals surface area contributed by atoms with Crippen molar-refractivity contribution in [2.75, 3.05) is 69.1 Å². The lowest BCUT2D eigenvalue weighted by atomic mass is 9.78. The van der Waals surface area contributed by atoms with Crippen molar-refractivity contribution in [3.8, 4) is 28.7 Å². The van der Waals surface area contributed by atoms with Gasteiger partial charge >= 0.3 is 0 Å². The lowest BCUT2D eigenvalue weighted by Gasteiger charge is -2.32. The van der Waals surface area contributed by atoms with Gasteiger partial charge in [0.15, 0.2) is 0 Å². The molecule has 0 aromatic heterocycles. The molecule has 2 aliphatic heterocycles. The molecular formula is C38H40I2O8. The maximum atomic E-state index is 6.61. The Morgan fingerprint density at radius 2 is 1.31 bits per heavy atom. The van der Waals surface area contributed by atoms with Crippen LogP contribution in [-0.2, 0) is 18.9 Å². The molecule has 254 valence electrons. The predicted octanol–water partition coefficient (Wildman–Crippen LogP) is 8.82. The highest BCUT2D eigenvalue weighted by Gasteiger charge is 2.35. The third-order valence-corrected chi connectivity index (χ3v) is 9.38. The first-order chi connectivity index (χ1) is 23.4. The van der Waals surface area contributed by atoms with Gasteiger partial charge in [0.1, 0.15) is 34.9 Å². The minimum Gasteiger partial charge on any atom is -0.497 e. The van der Waals surface area contributed by atoms with Gasteiger partial charge in [-0.15, -0.1) is 0 Å².